The largest absolute Gasteiger partial charge is 0.343 e. The second kappa shape index (κ2) is 8.36. The van der Waals surface area contributed by atoms with Gasteiger partial charge in [-0.25, -0.2) is 4.39 Å². The van der Waals surface area contributed by atoms with Crippen molar-refractivity contribution in [2.75, 3.05) is 26.2 Å². The maximum Gasteiger partial charge on any atom is 0.237 e. The Bertz CT molecular complexity index is 622. The minimum atomic E-state index is -1.10. The molecule has 3 aliphatic carbocycles. The zero-order valence-electron chi connectivity index (χ0n) is 17.2. The number of rotatable bonds is 7. The molecule has 7 heteroatoms. The van der Waals surface area contributed by atoms with Crippen LogP contribution in [0.2, 0.25) is 0 Å². The van der Waals surface area contributed by atoms with Crippen molar-refractivity contribution in [1.82, 2.24) is 15.1 Å². The number of likely N-dealkylation sites (tertiary alicyclic amines) is 1. The van der Waals surface area contributed by atoms with Gasteiger partial charge >= 0.3 is 0 Å². The fourth-order valence-corrected chi connectivity index (χ4v) is 5.33. The second-order valence-electron chi connectivity index (χ2n) is 8.82. The topological polar surface area (TPSA) is 76.4 Å². The van der Waals surface area contributed by atoms with Crippen LogP contribution in [0.25, 0.3) is 0 Å². The fourth-order valence-electron chi connectivity index (χ4n) is 5.33. The van der Waals surface area contributed by atoms with Crippen molar-refractivity contribution in [2.24, 2.45) is 5.41 Å². The molecule has 0 radical (unpaired) electrons. The Morgan fingerprint density at radius 1 is 1.21 bits per heavy atom. The molecule has 3 saturated carbocycles. The number of alkyl halides is 1. The molecule has 1 heterocycles. The number of hydrogen-bond acceptors (Lipinski definition) is 4. The molecule has 4 rings (SSSR count). The smallest absolute Gasteiger partial charge is 0.237 e. The molecule has 2 atom stereocenters. The average molecular weight is 393 g/mol. The molecule has 2 bridgehead atoms. The highest BCUT2D eigenvalue weighted by Crippen LogP contribution is 2.53. The van der Waals surface area contributed by atoms with Gasteiger partial charge in [0.2, 0.25) is 11.8 Å². The van der Waals surface area contributed by atoms with E-state index in [-0.39, 0.29) is 36.4 Å². The summed E-state index contributed by atoms with van der Waals surface area (Å²) < 4.78 is 13.6. The summed E-state index contributed by atoms with van der Waals surface area (Å²) in [5.41, 5.74) is -0.322. The van der Waals surface area contributed by atoms with Crippen molar-refractivity contribution in [3.05, 3.63) is 0 Å². The van der Waals surface area contributed by atoms with Crippen LogP contribution >= 0.6 is 0 Å². The first-order valence-corrected chi connectivity index (χ1v) is 10.8. The highest BCUT2D eigenvalue weighted by molar-refractivity contribution is 5.83. The van der Waals surface area contributed by atoms with E-state index >= 15 is 0 Å². The van der Waals surface area contributed by atoms with Crippen molar-refractivity contribution >= 4 is 11.8 Å². The molecule has 0 aromatic heterocycles. The lowest BCUT2D eigenvalue weighted by Crippen LogP contribution is -2.60. The Morgan fingerprint density at radius 2 is 1.86 bits per heavy atom. The first kappa shape index (κ1) is 21.0. The van der Waals surface area contributed by atoms with Gasteiger partial charge in [0, 0.05) is 30.5 Å². The van der Waals surface area contributed by atoms with Gasteiger partial charge in [0.25, 0.3) is 0 Å². The molecule has 4 aliphatic rings. The highest BCUT2D eigenvalue weighted by Gasteiger charge is 2.53. The molecular weight excluding hydrogens is 359 g/mol. The summed E-state index contributed by atoms with van der Waals surface area (Å²) in [7, 11) is 0. The summed E-state index contributed by atoms with van der Waals surface area (Å²) in [5.74, 6) is 0.115. The van der Waals surface area contributed by atoms with Crippen LogP contribution in [-0.2, 0) is 9.59 Å². The number of halogens is 1. The van der Waals surface area contributed by atoms with Crippen LogP contribution in [0.1, 0.15) is 65.2 Å². The number of carbonyl (C=O) groups is 2. The van der Waals surface area contributed by atoms with Gasteiger partial charge < -0.3 is 15.1 Å². The molecule has 1 aliphatic heterocycles. The van der Waals surface area contributed by atoms with Crippen molar-refractivity contribution in [1.29, 1.82) is 5.26 Å². The molecule has 0 aromatic rings. The maximum absolute atomic E-state index is 13.6. The van der Waals surface area contributed by atoms with Crippen LogP contribution in [0.5, 0.6) is 0 Å². The lowest BCUT2D eigenvalue weighted by atomic mass is 9.56. The minimum Gasteiger partial charge on any atom is -0.343 e. The van der Waals surface area contributed by atoms with E-state index in [1.54, 1.807) is 0 Å². The zero-order valence-corrected chi connectivity index (χ0v) is 17.2. The summed E-state index contributed by atoms with van der Waals surface area (Å²) >= 11 is 0. The van der Waals surface area contributed by atoms with Gasteiger partial charge in [0.15, 0.2) is 0 Å². The van der Waals surface area contributed by atoms with Crippen LogP contribution < -0.4 is 5.32 Å². The maximum atomic E-state index is 13.6. The molecule has 6 nitrogen and oxygen atoms in total. The lowest BCUT2D eigenvalue weighted by Gasteiger charge is -2.54. The van der Waals surface area contributed by atoms with E-state index < -0.39 is 12.2 Å². The minimum absolute atomic E-state index is 0.0215. The van der Waals surface area contributed by atoms with Gasteiger partial charge in [-0.15, -0.1) is 0 Å². The number of hydrogen-bond donors (Lipinski definition) is 1. The SMILES string of the molecule is CCCN(CC)C(=O)C12CCC(NCC(=O)N3C[C@@H](F)C[C@H]3C#N)(CC1)CC2. The van der Waals surface area contributed by atoms with Gasteiger partial charge in [-0.1, -0.05) is 6.92 Å². The summed E-state index contributed by atoms with van der Waals surface area (Å²) in [5, 5.41) is 12.6. The average Bonchev–Trinajstić information content (AvgIpc) is 3.12. The van der Waals surface area contributed by atoms with Crippen LogP contribution in [0.4, 0.5) is 4.39 Å². The lowest BCUT2D eigenvalue weighted by molar-refractivity contribution is -0.150. The second-order valence-corrected chi connectivity index (χ2v) is 8.82. The molecule has 1 N–H and O–H groups in total. The monoisotopic (exact) mass is 392 g/mol. The Hall–Kier alpha value is -1.68. The van der Waals surface area contributed by atoms with E-state index in [1.165, 1.54) is 4.90 Å². The Kier molecular flexibility index (Phi) is 6.28. The third-order valence-corrected chi connectivity index (χ3v) is 7.20. The van der Waals surface area contributed by atoms with Gasteiger partial charge in [0.05, 0.1) is 19.2 Å². The highest BCUT2D eigenvalue weighted by atomic mass is 19.1. The van der Waals surface area contributed by atoms with Gasteiger partial charge in [-0.05, 0) is 51.9 Å². The molecule has 28 heavy (non-hydrogen) atoms. The van der Waals surface area contributed by atoms with E-state index in [0.29, 0.717) is 5.91 Å². The summed E-state index contributed by atoms with van der Waals surface area (Å²) in [4.78, 5) is 29.0. The first-order chi connectivity index (χ1) is 13.4. The summed E-state index contributed by atoms with van der Waals surface area (Å²) in [6, 6.07) is 1.38. The standard InChI is InChI=1S/C21H33FN4O2/c1-3-11-25(4-2)19(28)20-5-8-21(9-6-20,10-7-20)24-14-18(27)26-15-16(22)12-17(26)13-23/h16-17,24H,3-12,14-15H2,1-2H3/t16-,17-,20?,21?/m0/s1. The van der Waals surface area contributed by atoms with Gasteiger partial charge in [-0.2, -0.15) is 5.26 Å². The number of nitrogens with zero attached hydrogens (tertiary/aromatic N) is 3. The van der Waals surface area contributed by atoms with Gasteiger partial charge in [0.1, 0.15) is 12.2 Å². The van der Waals surface area contributed by atoms with Crippen LogP contribution in [0, 0.1) is 16.7 Å². The molecule has 0 aromatic carbocycles. The molecule has 0 spiro atoms. The van der Waals surface area contributed by atoms with E-state index in [9.17, 15) is 14.0 Å². The van der Waals surface area contributed by atoms with E-state index in [2.05, 4.69) is 12.2 Å². The van der Waals surface area contributed by atoms with Crippen LogP contribution in [-0.4, -0.2) is 65.5 Å². The Labute approximate surface area is 167 Å². The van der Waals surface area contributed by atoms with Crippen molar-refractivity contribution in [3.63, 3.8) is 0 Å². The van der Waals surface area contributed by atoms with E-state index in [0.717, 1.165) is 58.0 Å². The summed E-state index contributed by atoms with van der Waals surface area (Å²) in [6.45, 7) is 5.89. The third-order valence-electron chi connectivity index (χ3n) is 7.20. The van der Waals surface area contributed by atoms with Crippen LogP contribution in [0.3, 0.4) is 0 Å². The molecule has 4 fully saturated rings. The predicted molar refractivity (Wildman–Crippen MR) is 104 cm³/mol. The van der Waals surface area contributed by atoms with Crippen LogP contribution in [0.15, 0.2) is 0 Å². The quantitative estimate of drug-likeness (QED) is 0.722. The first-order valence-electron chi connectivity index (χ1n) is 10.8. The number of carbonyl (C=O) groups excluding carboxylic acids is 2. The number of amides is 2. The molecule has 156 valence electrons. The molecule has 2 amide bonds. The molecule has 1 saturated heterocycles. The van der Waals surface area contributed by atoms with E-state index in [1.807, 2.05) is 17.9 Å². The predicted octanol–water partition coefficient (Wildman–Crippen LogP) is 2.39. The van der Waals surface area contributed by atoms with Crippen molar-refractivity contribution in [2.45, 2.75) is 83.0 Å². The molecule has 0 unspecified atom stereocenters. The summed E-state index contributed by atoms with van der Waals surface area (Å²) in [6.07, 6.45) is 5.26. The number of nitriles is 1. The van der Waals surface area contributed by atoms with Gasteiger partial charge in [-0.3, -0.25) is 9.59 Å². The normalized spacial score (nSPS) is 34.3. The third kappa shape index (κ3) is 3.89. The number of nitrogens with one attached hydrogen (secondary N) is 1. The molecular formula is C21H33FN4O2. The number of fused-ring (bicyclic) bond motifs is 3. The fraction of sp³-hybridized carbons (Fsp3) is 0.857. The van der Waals surface area contributed by atoms with E-state index in [4.69, 9.17) is 5.26 Å². The Balaban J connectivity index is 1.56. The zero-order chi connectivity index (χ0) is 20.4. The van der Waals surface area contributed by atoms with Crippen molar-refractivity contribution < 1.29 is 14.0 Å². The van der Waals surface area contributed by atoms with Crippen molar-refractivity contribution in [3.8, 4) is 6.07 Å². The Morgan fingerprint density at radius 3 is 2.39 bits per heavy atom.